The van der Waals surface area contributed by atoms with Crippen molar-refractivity contribution in [3.8, 4) is 22.5 Å². The van der Waals surface area contributed by atoms with E-state index >= 15 is 0 Å². The van der Waals surface area contributed by atoms with Gasteiger partial charge in [-0.1, -0.05) is 93.6 Å². The molecule has 20 heteroatoms. The quantitative estimate of drug-likeness (QED) is 0.0565. The van der Waals surface area contributed by atoms with E-state index in [2.05, 4.69) is 30.6 Å². The van der Waals surface area contributed by atoms with E-state index in [-0.39, 0.29) is 42.0 Å². The van der Waals surface area contributed by atoms with Crippen molar-refractivity contribution in [2.75, 3.05) is 5.32 Å². The number of nitrogens with zero attached hydrogens (tertiary/aromatic N) is 3. The Hall–Kier alpha value is -8.49. The molecule has 0 bridgehead atoms. The highest BCUT2D eigenvalue weighted by atomic mass is 32.2. The molecule has 4 aromatic carbocycles. The Bertz CT molecular complexity index is 3460. The van der Waals surface area contributed by atoms with Gasteiger partial charge in [0, 0.05) is 40.5 Å². The Kier molecular flexibility index (Phi) is 13.8. The predicted molar refractivity (Wildman–Crippen MR) is 267 cm³/mol. The third-order valence-electron chi connectivity index (χ3n) is 13.0. The third-order valence-corrected chi connectivity index (χ3v) is 14.5. The van der Waals surface area contributed by atoms with E-state index in [0.29, 0.717) is 39.5 Å². The lowest BCUT2D eigenvalue weighted by Crippen LogP contribution is -2.56. The highest BCUT2D eigenvalue weighted by Crippen LogP contribution is 2.41. The van der Waals surface area contributed by atoms with Gasteiger partial charge < -0.3 is 40.1 Å². The first-order valence-electron chi connectivity index (χ1n) is 23.4. The number of carboxylic acids is 1. The van der Waals surface area contributed by atoms with Gasteiger partial charge in [-0.15, -0.1) is 0 Å². The number of cyclic esters (lactones) is 1. The van der Waals surface area contributed by atoms with Gasteiger partial charge >= 0.3 is 23.9 Å². The van der Waals surface area contributed by atoms with Gasteiger partial charge in [-0.2, -0.15) is 0 Å². The van der Waals surface area contributed by atoms with E-state index in [1.807, 2.05) is 30.3 Å². The van der Waals surface area contributed by atoms with Gasteiger partial charge in [-0.25, -0.2) is 37.5 Å². The highest BCUT2D eigenvalue weighted by Gasteiger charge is 2.51. The van der Waals surface area contributed by atoms with Crippen LogP contribution in [-0.4, -0.2) is 75.0 Å². The minimum absolute atomic E-state index is 0.0792. The maximum Gasteiger partial charge on any atom is 0.355 e. The lowest BCUT2D eigenvalue weighted by atomic mass is 9.85. The van der Waals surface area contributed by atoms with Crippen LogP contribution in [0.1, 0.15) is 67.6 Å². The second kappa shape index (κ2) is 20.3. The Morgan fingerprint density at radius 1 is 0.904 bits per heavy atom. The molecule has 9 rings (SSSR count). The van der Waals surface area contributed by atoms with Crippen molar-refractivity contribution in [1.82, 2.24) is 34.9 Å². The molecule has 374 valence electrons. The zero-order valence-corrected chi connectivity index (χ0v) is 40.6. The van der Waals surface area contributed by atoms with Gasteiger partial charge in [0.1, 0.15) is 18.7 Å². The number of amides is 3. The lowest BCUT2D eigenvalue weighted by Gasteiger charge is -2.37. The SMILES string of the molecule is CCC1(OC(=O)[C@H](NC(=O)[C@H](Cc2cnc[nH]2)NC(=O)Nc2cccc(-c3ccc(S(=O)(=O)NC(CC(=O)O)c4ccccc4)cc3)c2)C(C)C)C(=O)OCc2c1cc1n(c2=O)Cc2cc3ccccc3nc2-1. The van der Waals surface area contributed by atoms with Crippen molar-refractivity contribution < 1.29 is 47.0 Å². The molecule has 2 unspecified atom stereocenters. The monoisotopic (exact) mass is 1010 g/mol. The number of pyridine rings is 2. The van der Waals surface area contributed by atoms with Crippen LogP contribution in [-0.2, 0) is 63.8 Å². The molecule has 3 aromatic heterocycles. The topological polar surface area (TPSA) is 270 Å². The molecule has 0 fully saturated rings. The molecule has 0 saturated heterocycles. The van der Waals surface area contributed by atoms with Crippen LogP contribution in [0.3, 0.4) is 0 Å². The molecule has 4 atom stereocenters. The average Bonchev–Trinajstić information content (AvgIpc) is 4.03. The van der Waals surface area contributed by atoms with Gasteiger partial charge in [0.2, 0.25) is 21.5 Å². The molecule has 19 nitrogen and oxygen atoms in total. The van der Waals surface area contributed by atoms with E-state index in [1.54, 1.807) is 98.1 Å². The molecule has 6 N–H and O–H groups in total. The van der Waals surface area contributed by atoms with E-state index < -0.39 is 81.5 Å². The van der Waals surface area contributed by atoms with Crippen LogP contribution >= 0.6 is 0 Å². The number of carbonyl (C=O) groups is 5. The van der Waals surface area contributed by atoms with Gasteiger partial charge in [-0.05, 0) is 71.5 Å². The molecule has 0 radical (unpaired) electrons. The molecular formula is C53H50N8O11S. The van der Waals surface area contributed by atoms with Crippen LogP contribution in [0.5, 0.6) is 0 Å². The molecule has 5 heterocycles. The second-order valence-electron chi connectivity index (χ2n) is 18.1. The largest absolute Gasteiger partial charge is 0.481 e. The van der Waals surface area contributed by atoms with Gasteiger partial charge in [0.05, 0.1) is 52.7 Å². The van der Waals surface area contributed by atoms with Crippen LogP contribution in [0.25, 0.3) is 33.4 Å². The van der Waals surface area contributed by atoms with E-state index in [4.69, 9.17) is 14.5 Å². The summed E-state index contributed by atoms with van der Waals surface area (Å²) in [6.07, 6.45) is 2.24. The Morgan fingerprint density at radius 2 is 1.66 bits per heavy atom. The Balaban J connectivity index is 0.906. The molecule has 2 aliphatic heterocycles. The summed E-state index contributed by atoms with van der Waals surface area (Å²) in [7, 11) is -4.15. The number of ether oxygens (including phenoxy) is 2. The van der Waals surface area contributed by atoms with Crippen molar-refractivity contribution in [1.29, 1.82) is 0 Å². The van der Waals surface area contributed by atoms with Crippen molar-refractivity contribution in [2.24, 2.45) is 5.92 Å². The molecular weight excluding hydrogens is 957 g/mol. The van der Waals surface area contributed by atoms with E-state index in [0.717, 1.165) is 16.5 Å². The average molecular weight is 1010 g/mol. The fraction of sp³-hybridized carbons (Fsp3) is 0.245. The number of esters is 2. The third kappa shape index (κ3) is 10.2. The van der Waals surface area contributed by atoms with E-state index in [9.17, 15) is 42.3 Å². The number of carbonyl (C=O) groups excluding carboxylic acids is 4. The van der Waals surface area contributed by atoms with Crippen LogP contribution in [0.15, 0.2) is 137 Å². The van der Waals surface area contributed by atoms with Crippen molar-refractivity contribution in [3.63, 3.8) is 0 Å². The van der Waals surface area contributed by atoms with Gasteiger partial charge in [0.25, 0.3) is 5.56 Å². The lowest BCUT2D eigenvalue weighted by molar-refractivity contribution is -0.191. The normalized spacial score (nSPS) is 16.0. The summed E-state index contributed by atoms with van der Waals surface area (Å²) in [6, 6.07) is 27.8. The highest BCUT2D eigenvalue weighted by molar-refractivity contribution is 7.89. The van der Waals surface area contributed by atoms with E-state index in [1.165, 1.54) is 24.7 Å². The number of sulfonamides is 1. The number of aromatic nitrogens is 4. The fourth-order valence-electron chi connectivity index (χ4n) is 9.17. The molecule has 7 aromatic rings. The number of carboxylic acid groups (broad SMARTS) is 1. The number of nitrogens with one attached hydrogen (secondary N) is 5. The number of para-hydroxylation sites is 1. The summed E-state index contributed by atoms with van der Waals surface area (Å²) in [4.78, 5) is 93.7. The standard InChI is InChI=1S/C53H50N8O11S/c1-4-53(40-24-44-47-35(21-34-13-8-9-16-41(34)57-47)27-61(44)49(65)39(40)28-71-51(53)67)72-50(66)46(30(2)3)59-48(64)43(23-37-26-54-29-55-37)58-52(68)56-36-15-10-14-33(22-36)31-17-19-38(20-18-31)73(69,70)60-42(25-45(62)63)32-11-6-5-7-12-32/h5-22,24,26,29-30,42-43,46,60H,4,23,25,27-28H2,1-3H3,(H,54,55)(H,59,64)(H,62,63)(H2,56,58,68)/t42?,43-,46+,53?/m0/s1. The van der Waals surface area contributed by atoms with Crippen LogP contribution < -0.4 is 26.2 Å². The predicted octanol–water partition coefficient (Wildman–Crippen LogP) is 6.09. The number of imidazole rings is 1. The second-order valence-corrected chi connectivity index (χ2v) is 19.8. The smallest absolute Gasteiger partial charge is 0.355 e. The number of aliphatic carboxylic acids is 1. The first-order valence-corrected chi connectivity index (χ1v) is 24.9. The number of anilines is 1. The van der Waals surface area contributed by atoms with Crippen molar-refractivity contribution >= 4 is 56.5 Å². The molecule has 3 amide bonds. The minimum atomic E-state index is -4.15. The summed E-state index contributed by atoms with van der Waals surface area (Å²) in [5, 5.41) is 18.5. The Labute approximate surface area is 418 Å². The summed E-state index contributed by atoms with van der Waals surface area (Å²) >= 11 is 0. The molecule has 0 saturated carbocycles. The number of benzene rings is 4. The molecule has 2 aliphatic rings. The minimum Gasteiger partial charge on any atom is -0.481 e. The molecule has 0 aliphatic carbocycles. The number of hydrogen-bond donors (Lipinski definition) is 6. The zero-order valence-electron chi connectivity index (χ0n) is 39.7. The maximum atomic E-state index is 14.4. The first-order chi connectivity index (χ1) is 35.0. The van der Waals surface area contributed by atoms with Crippen LogP contribution in [0.2, 0.25) is 0 Å². The van der Waals surface area contributed by atoms with Crippen LogP contribution in [0.4, 0.5) is 10.5 Å². The summed E-state index contributed by atoms with van der Waals surface area (Å²) in [5.41, 5.74) is 2.94. The van der Waals surface area contributed by atoms with Crippen LogP contribution in [0, 0.1) is 5.92 Å². The zero-order chi connectivity index (χ0) is 51.6. The maximum absolute atomic E-state index is 14.4. The summed E-state index contributed by atoms with van der Waals surface area (Å²) < 4.78 is 42.6. The number of aromatic amines is 1. The van der Waals surface area contributed by atoms with Gasteiger partial charge in [0.15, 0.2) is 0 Å². The van der Waals surface area contributed by atoms with Crippen molar-refractivity contribution in [2.45, 2.75) is 81.8 Å². The molecule has 73 heavy (non-hydrogen) atoms. The van der Waals surface area contributed by atoms with Crippen molar-refractivity contribution in [3.05, 3.63) is 166 Å². The fourth-order valence-corrected chi connectivity index (χ4v) is 10.4. The molecule has 0 spiro atoms. The number of urea groups is 1. The number of hydrogen-bond acceptors (Lipinski definition) is 12. The first kappa shape index (κ1) is 49.5. The van der Waals surface area contributed by atoms with Gasteiger partial charge in [-0.3, -0.25) is 14.4 Å². The summed E-state index contributed by atoms with van der Waals surface area (Å²) in [5.74, 6) is -4.38. The number of H-pyrrole nitrogens is 1. The number of rotatable bonds is 17. The Morgan fingerprint density at radius 3 is 2.37 bits per heavy atom. The number of fused-ring (bicyclic) bond motifs is 5. The summed E-state index contributed by atoms with van der Waals surface area (Å²) in [6.45, 7) is 4.90.